The van der Waals surface area contributed by atoms with Crippen molar-refractivity contribution in [3.05, 3.63) is 0 Å². The average molecular weight is 173 g/mol. The van der Waals surface area contributed by atoms with Crippen molar-refractivity contribution in [1.82, 2.24) is 0 Å². The number of hydrogen-bond acceptors (Lipinski definition) is 0. The second-order valence-corrected chi connectivity index (χ2v) is 10.7. The lowest BCUT2D eigenvalue weighted by Gasteiger charge is -2.35. The molecule has 0 aromatic heterocycles. The van der Waals surface area contributed by atoms with Crippen LogP contribution in [0.15, 0.2) is 0 Å². The van der Waals surface area contributed by atoms with Gasteiger partial charge in [-0.3, -0.25) is 0 Å². The molecular formula is C10H22P+. The van der Waals surface area contributed by atoms with E-state index in [-0.39, 0.29) is 0 Å². The Kier molecular flexibility index (Phi) is 1.92. The highest BCUT2D eigenvalue weighted by Gasteiger charge is 2.64. The lowest BCUT2D eigenvalue weighted by Crippen LogP contribution is -2.30. The summed E-state index contributed by atoms with van der Waals surface area (Å²) in [6.45, 7) is 14.7. The minimum Gasteiger partial charge on any atom is -0.0561 e. The summed E-state index contributed by atoms with van der Waals surface area (Å²) in [5, 5.41) is 0.736. The molecule has 0 amide bonds. The first-order valence-corrected chi connectivity index (χ1v) is 7.65. The molecular weight excluding hydrogens is 151 g/mol. The zero-order valence-electron chi connectivity index (χ0n) is 8.86. The Morgan fingerprint density at radius 3 is 1.36 bits per heavy atom. The fourth-order valence-electron chi connectivity index (χ4n) is 2.55. The van der Waals surface area contributed by atoms with Crippen molar-refractivity contribution in [2.24, 2.45) is 5.41 Å². The summed E-state index contributed by atoms with van der Waals surface area (Å²) in [6, 6.07) is 0. The van der Waals surface area contributed by atoms with Crippen molar-refractivity contribution >= 4 is 7.26 Å². The maximum atomic E-state index is 2.49. The Bertz CT molecular complexity index is 137. The van der Waals surface area contributed by atoms with Crippen molar-refractivity contribution in [3.8, 4) is 0 Å². The van der Waals surface area contributed by atoms with Crippen molar-refractivity contribution in [1.29, 1.82) is 0 Å². The van der Waals surface area contributed by atoms with Crippen molar-refractivity contribution in [2.45, 2.75) is 38.8 Å². The molecule has 0 nitrogen and oxygen atoms in total. The minimum absolute atomic E-state index is 0.541. The molecule has 0 saturated heterocycles. The van der Waals surface area contributed by atoms with Crippen LogP contribution in [0.2, 0.25) is 0 Å². The van der Waals surface area contributed by atoms with Crippen LogP contribution in [-0.2, 0) is 0 Å². The molecule has 1 aliphatic carbocycles. The van der Waals surface area contributed by atoms with E-state index in [9.17, 15) is 0 Å². The topological polar surface area (TPSA) is 0 Å². The van der Waals surface area contributed by atoms with Crippen LogP contribution in [0.25, 0.3) is 0 Å². The Labute approximate surface area is 72.1 Å². The van der Waals surface area contributed by atoms with E-state index in [1.165, 1.54) is 12.8 Å². The maximum absolute atomic E-state index is 2.49. The first-order chi connectivity index (χ1) is 4.71. The second kappa shape index (κ2) is 2.22. The van der Waals surface area contributed by atoms with E-state index >= 15 is 0 Å². The molecule has 1 rings (SSSR count). The Hall–Kier alpha value is 0.430. The van der Waals surface area contributed by atoms with E-state index in [0.717, 1.165) is 5.16 Å². The minimum atomic E-state index is -0.629. The quantitative estimate of drug-likeness (QED) is 0.533. The molecule has 0 unspecified atom stereocenters. The van der Waals surface area contributed by atoms with Crippen molar-refractivity contribution < 1.29 is 0 Å². The van der Waals surface area contributed by atoms with Gasteiger partial charge in [0.05, 0.1) is 5.16 Å². The molecule has 11 heavy (non-hydrogen) atoms. The molecule has 0 radical (unpaired) electrons. The standard InChI is InChI=1S/C10H22P/c1-9(2,3)10(7-8-10)11(4,5)6/h7-8H2,1-6H3/q+1. The fourth-order valence-corrected chi connectivity index (χ4v) is 6.01. The van der Waals surface area contributed by atoms with E-state index in [2.05, 4.69) is 40.8 Å². The van der Waals surface area contributed by atoms with E-state index in [4.69, 9.17) is 0 Å². The second-order valence-electron chi connectivity index (χ2n) is 5.79. The van der Waals surface area contributed by atoms with Gasteiger partial charge in [0.1, 0.15) is 0 Å². The lowest BCUT2D eigenvalue weighted by atomic mass is 9.89. The number of hydrogen-bond donors (Lipinski definition) is 0. The third-order valence-electron chi connectivity index (χ3n) is 3.40. The lowest BCUT2D eigenvalue weighted by molar-refractivity contribution is 0.373. The molecule has 1 saturated carbocycles. The molecule has 0 bridgehead atoms. The van der Waals surface area contributed by atoms with Gasteiger partial charge in [0.15, 0.2) is 0 Å². The largest absolute Gasteiger partial charge is 0.0842 e. The van der Waals surface area contributed by atoms with Crippen LogP contribution in [0.1, 0.15) is 33.6 Å². The molecule has 0 heterocycles. The summed E-state index contributed by atoms with van der Waals surface area (Å²) in [5.41, 5.74) is 0.541. The smallest absolute Gasteiger partial charge is 0.0561 e. The maximum Gasteiger partial charge on any atom is 0.0842 e. The summed E-state index contributed by atoms with van der Waals surface area (Å²) in [5.74, 6) is 0. The highest BCUT2D eigenvalue weighted by atomic mass is 31.2. The van der Waals surface area contributed by atoms with Gasteiger partial charge in [-0.15, -0.1) is 0 Å². The first-order valence-electron chi connectivity index (χ1n) is 4.52. The molecule has 1 fully saturated rings. The molecule has 0 N–H and O–H groups in total. The summed E-state index contributed by atoms with van der Waals surface area (Å²) in [4.78, 5) is 0. The van der Waals surface area contributed by atoms with Gasteiger partial charge in [-0.25, -0.2) is 0 Å². The molecule has 1 aliphatic rings. The van der Waals surface area contributed by atoms with Crippen LogP contribution in [-0.4, -0.2) is 25.2 Å². The van der Waals surface area contributed by atoms with Gasteiger partial charge in [0.25, 0.3) is 0 Å². The Balaban J connectivity index is 2.85. The van der Waals surface area contributed by atoms with Crippen LogP contribution in [0, 0.1) is 5.41 Å². The van der Waals surface area contributed by atoms with Gasteiger partial charge < -0.3 is 0 Å². The highest BCUT2D eigenvalue weighted by molar-refractivity contribution is 7.75. The SMILES string of the molecule is CC(C)(C)C1([P+](C)(C)C)CC1. The van der Waals surface area contributed by atoms with E-state index < -0.39 is 7.26 Å². The van der Waals surface area contributed by atoms with E-state index in [1.54, 1.807) is 0 Å². The van der Waals surface area contributed by atoms with Crippen molar-refractivity contribution in [2.75, 3.05) is 20.0 Å². The number of rotatable bonds is 1. The Morgan fingerprint density at radius 2 is 1.36 bits per heavy atom. The van der Waals surface area contributed by atoms with Crippen LogP contribution in [0.4, 0.5) is 0 Å². The van der Waals surface area contributed by atoms with Crippen LogP contribution >= 0.6 is 7.26 Å². The molecule has 0 aromatic carbocycles. The first kappa shape index (κ1) is 9.52. The summed E-state index contributed by atoms with van der Waals surface area (Å²) in [6.07, 6.45) is 2.96. The van der Waals surface area contributed by atoms with E-state index in [1.807, 2.05) is 0 Å². The van der Waals surface area contributed by atoms with Crippen LogP contribution in [0.3, 0.4) is 0 Å². The third-order valence-corrected chi connectivity index (χ3v) is 7.09. The molecule has 1 heteroatoms. The van der Waals surface area contributed by atoms with Gasteiger partial charge in [-0.05, 0) is 12.8 Å². The van der Waals surface area contributed by atoms with Gasteiger partial charge in [0, 0.05) is 32.7 Å². The molecule has 0 spiro atoms. The summed E-state index contributed by atoms with van der Waals surface area (Å²) >= 11 is 0. The fraction of sp³-hybridized carbons (Fsp3) is 1.00. The Morgan fingerprint density at radius 1 is 1.00 bits per heavy atom. The predicted molar refractivity (Wildman–Crippen MR) is 56.1 cm³/mol. The van der Waals surface area contributed by atoms with Gasteiger partial charge in [-0.1, -0.05) is 20.8 Å². The molecule has 0 aliphatic heterocycles. The third kappa shape index (κ3) is 1.35. The van der Waals surface area contributed by atoms with Crippen LogP contribution in [0.5, 0.6) is 0 Å². The molecule has 0 aromatic rings. The predicted octanol–water partition coefficient (Wildman–Crippen LogP) is 3.47. The van der Waals surface area contributed by atoms with E-state index in [0.29, 0.717) is 5.41 Å². The van der Waals surface area contributed by atoms with Crippen molar-refractivity contribution in [3.63, 3.8) is 0 Å². The van der Waals surface area contributed by atoms with Gasteiger partial charge in [0.2, 0.25) is 0 Å². The average Bonchev–Trinajstić information content (AvgIpc) is 2.31. The zero-order chi connectivity index (χ0) is 8.91. The van der Waals surface area contributed by atoms with Crippen LogP contribution < -0.4 is 0 Å². The molecule has 0 atom stereocenters. The monoisotopic (exact) mass is 173 g/mol. The molecule has 66 valence electrons. The highest BCUT2D eigenvalue weighted by Crippen LogP contribution is 2.77. The summed E-state index contributed by atoms with van der Waals surface area (Å²) in [7, 11) is -0.629. The zero-order valence-corrected chi connectivity index (χ0v) is 9.76. The van der Waals surface area contributed by atoms with Gasteiger partial charge >= 0.3 is 0 Å². The summed E-state index contributed by atoms with van der Waals surface area (Å²) < 4.78 is 0. The normalized spacial score (nSPS) is 23.5. The van der Waals surface area contributed by atoms with Gasteiger partial charge in [-0.2, -0.15) is 0 Å².